The summed E-state index contributed by atoms with van der Waals surface area (Å²) < 4.78 is 1.65. The maximum Gasteiger partial charge on any atom is 0 e. The Labute approximate surface area is 118 Å². The van der Waals surface area contributed by atoms with Crippen LogP contribution in [0.25, 0.3) is 0 Å². The van der Waals surface area contributed by atoms with Crippen LogP contribution in [0.3, 0.4) is 0 Å². The van der Waals surface area contributed by atoms with E-state index in [4.69, 9.17) is 0 Å². The van der Waals surface area contributed by atoms with Gasteiger partial charge in [0.05, 0.1) is 0 Å². The molecule has 2 radical (unpaired) electrons. The van der Waals surface area contributed by atoms with E-state index in [-0.39, 0.29) is 66.4 Å². The summed E-state index contributed by atoms with van der Waals surface area (Å²) in [5.41, 5.74) is 0.404. The molecule has 11 heavy (non-hydrogen) atoms. The average Bonchev–Trinajstić information content (AvgIpc) is 1.88. The first-order valence-corrected chi connectivity index (χ1v) is 5.84. The molecule has 1 aliphatic heterocycles. The van der Waals surface area contributed by atoms with Gasteiger partial charge in [0.1, 0.15) is 0 Å². The zero-order valence-electron chi connectivity index (χ0n) is 7.81. The van der Waals surface area contributed by atoms with Crippen molar-refractivity contribution < 1.29 is 0 Å². The van der Waals surface area contributed by atoms with Crippen LogP contribution in [0.1, 0.15) is 20.8 Å². The summed E-state index contributed by atoms with van der Waals surface area (Å²) >= 11 is 0.0833. The molecule has 0 bridgehead atoms. The second-order valence-electron chi connectivity index (χ2n) is 3.53. The van der Waals surface area contributed by atoms with E-state index in [1.807, 2.05) is 0 Å². The first kappa shape index (κ1) is 12.5. The molecule has 1 rings (SSSR count). The second-order valence-corrected chi connectivity index (χ2v) is 5.96. The van der Waals surface area contributed by atoms with Crippen molar-refractivity contribution in [2.75, 3.05) is 0 Å². The monoisotopic (exact) mass is 234 g/mol. The topological polar surface area (TPSA) is 0 Å². The molecule has 0 unspecified atom stereocenters. The smallest absolute Gasteiger partial charge is 0 e. The third-order valence-electron chi connectivity index (χ3n) is 1.52. The normalized spacial score (nSPS) is 15.7. The van der Waals surface area contributed by atoms with E-state index in [2.05, 4.69) is 43.9 Å². The fourth-order valence-electron chi connectivity index (χ4n) is 0.860. The van der Waals surface area contributed by atoms with Crippen molar-refractivity contribution >= 4 is 70.7 Å². The van der Waals surface area contributed by atoms with Crippen molar-refractivity contribution in [2.45, 2.75) is 20.8 Å². The van der Waals surface area contributed by atoms with E-state index in [1.54, 1.807) is 4.35 Å². The largest absolute Gasteiger partial charge is 0 e. The minimum Gasteiger partial charge on any atom is 0 e. The van der Waals surface area contributed by atoms with Crippen molar-refractivity contribution in [3.63, 3.8) is 0 Å². The molecule has 2 heteroatoms. The summed E-state index contributed by atoms with van der Waals surface area (Å²) in [6, 6.07) is 0. The molecule has 0 aromatic heterocycles. The standard InChI is InChI=1S/C9H13Ge.K/c1-9(2,3)8-6-4-5-7-10-8;/h4-7H,1-3H3;. The van der Waals surface area contributed by atoms with Crippen molar-refractivity contribution in [3.05, 3.63) is 23.1 Å². The summed E-state index contributed by atoms with van der Waals surface area (Å²) in [5, 5.41) is 0. The van der Waals surface area contributed by atoms with Gasteiger partial charge in [-0.05, 0) is 0 Å². The Morgan fingerprint density at radius 2 is 1.82 bits per heavy atom. The van der Waals surface area contributed by atoms with Gasteiger partial charge in [-0.2, -0.15) is 0 Å². The summed E-state index contributed by atoms with van der Waals surface area (Å²) in [5.74, 6) is 0. The molecule has 0 aromatic rings. The average molecular weight is 233 g/mol. The molecule has 0 saturated heterocycles. The fraction of sp³-hybridized carbons (Fsp3) is 0.444. The van der Waals surface area contributed by atoms with Crippen LogP contribution in [-0.4, -0.2) is 70.7 Å². The number of allylic oxidation sites excluding steroid dienone is 3. The van der Waals surface area contributed by atoms with E-state index in [9.17, 15) is 0 Å². The van der Waals surface area contributed by atoms with Crippen LogP contribution < -0.4 is 0 Å². The quantitative estimate of drug-likeness (QED) is 0.557. The molecule has 0 spiro atoms. The zero-order chi connectivity index (χ0) is 7.61. The van der Waals surface area contributed by atoms with Gasteiger partial charge in [0, 0.05) is 51.4 Å². The van der Waals surface area contributed by atoms with E-state index >= 15 is 0 Å². The second kappa shape index (κ2) is 5.30. The molecule has 0 atom stereocenters. The van der Waals surface area contributed by atoms with Crippen molar-refractivity contribution in [1.82, 2.24) is 0 Å². The number of hydrogen-bond acceptors (Lipinski definition) is 0. The molecule has 0 N–H and O–H groups in total. The van der Waals surface area contributed by atoms with Gasteiger partial charge in [-0.15, -0.1) is 0 Å². The molecular weight excluding hydrogens is 220 g/mol. The maximum absolute atomic E-state index is 2.33. The Kier molecular flexibility index (Phi) is 6.04. The first-order chi connectivity index (χ1) is 4.61. The van der Waals surface area contributed by atoms with Crippen molar-refractivity contribution in [2.24, 2.45) is 5.41 Å². The summed E-state index contributed by atoms with van der Waals surface area (Å²) in [6.45, 7) is 6.86. The first-order valence-electron chi connectivity index (χ1n) is 3.58. The Bertz CT molecular complexity index is 206. The minimum atomic E-state index is 0. The molecule has 0 nitrogen and oxygen atoms in total. The van der Waals surface area contributed by atoms with Gasteiger partial charge in [0.2, 0.25) is 0 Å². The molecule has 0 fully saturated rings. The molecule has 54 valence electrons. The Morgan fingerprint density at radius 3 is 2.09 bits per heavy atom. The van der Waals surface area contributed by atoms with Crippen molar-refractivity contribution in [1.29, 1.82) is 0 Å². The molecule has 0 aromatic carbocycles. The van der Waals surface area contributed by atoms with E-state index < -0.39 is 0 Å². The van der Waals surface area contributed by atoms with E-state index in [0.717, 1.165) is 0 Å². The van der Waals surface area contributed by atoms with Gasteiger partial charge in [-0.25, -0.2) is 0 Å². The van der Waals surface area contributed by atoms with Gasteiger partial charge < -0.3 is 0 Å². The molecule has 0 aliphatic carbocycles. The molecule has 0 amide bonds. The van der Waals surface area contributed by atoms with Crippen LogP contribution in [0.4, 0.5) is 0 Å². The summed E-state index contributed by atoms with van der Waals surface area (Å²) in [7, 11) is 0. The van der Waals surface area contributed by atoms with Gasteiger partial charge >= 0.3 is 68.7 Å². The third kappa shape index (κ3) is 4.34. The fourth-order valence-corrected chi connectivity index (χ4v) is 2.98. The molecular formula is C9H13GeK. The molecule has 1 heterocycles. The van der Waals surface area contributed by atoms with Crippen LogP contribution in [0.2, 0.25) is 0 Å². The van der Waals surface area contributed by atoms with Crippen LogP contribution in [0.5, 0.6) is 0 Å². The summed E-state index contributed by atoms with van der Waals surface area (Å²) in [6.07, 6.45) is 6.59. The number of rotatable bonds is 0. The van der Waals surface area contributed by atoms with Crippen molar-refractivity contribution in [3.8, 4) is 0 Å². The van der Waals surface area contributed by atoms with Gasteiger partial charge in [0.25, 0.3) is 0 Å². The molecule has 0 saturated carbocycles. The molecule has 1 aliphatic rings. The van der Waals surface area contributed by atoms with E-state index in [1.165, 1.54) is 0 Å². The third-order valence-corrected chi connectivity index (χ3v) is 4.85. The van der Waals surface area contributed by atoms with Gasteiger partial charge in [-0.1, -0.05) is 0 Å². The Hall–Kier alpha value is 1.53. The summed E-state index contributed by atoms with van der Waals surface area (Å²) in [4.78, 5) is 2.33. The predicted octanol–water partition coefficient (Wildman–Crippen LogP) is 1.61. The van der Waals surface area contributed by atoms with E-state index in [0.29, 0.717) is 5.41 Å². The number of hydrogen-bond donors (Lipinski definition) is 0. The van der Waals surface area contributed by atoms with Crippen LogP contribution >= 0.6 is 0 Å². The minimum absolute atomic E-state index is 0. The van der Waals surface area contributed by atoms with Crippen LogP contribution in [0, 0.1) is 5.41 Å². The Balaban J connectivity index is 0.000001000. The zero-order valence-corrected chi connectivity index (χ0v) is 13.0. The van der Waals surface area contributed by atoms with Gasteiger partial charge in [0.15, 0.2) is 0 Å². The maximum atomic E-state index is 2.33. The SMILES string of the molecule is CC(C)(C)[C]1=[Ge][CH]=CC=C1.[K]. The van der Waals surface area contributed by atoms with Crippen LogP contribution in [0.15, 0.2) is 23.1 Å². The Morgan fingerprint density at radius 1 is 1.18 bits per heavy atom. The van der Waals surface area contributed by atoms with Gasteiger partial charge in [-0.3, -0.25) is 0 Å². The predicted molar refractivity (Wildman–Crippen MR) is 54.3 cm³/mol. The van der Waals surface area contributed by atoms with Crippen LogP contribution in [-0.2, 0) is 0 Å².